The van der Waals surface area contributed by atoms with Crippen molar-refractivity contribution in [3.05, 3.63) is 94.1 Å². The van der Waals surface area contributed by atoms with E-state index in [1.54, 1.807) is 62.0 Å². The van der Waals surface area contributed by atoms with E-state index in [1.165, 1.54) is 4.90 Å². The number of amides is 1. The lowest BCUT2D eigenvalue weighted by atomic mass is 9.98. The van der Waals surface area contributed by atoms with Gasteiger partial charge in [-0.1, -0.05) is 24.3 Å². The molecule has 3 heterocycles. The van der Waals surface area contributed by atoms with Crippen LogP contribution in [0.25, 0.3) is 11.0 Å². The molecule has 1 unspecified atom stereocenters. The number of hydrogen-bond donors (Lipinski definition) is 0. The van der Waals surface area contributed by atoms with Crippen LogP contribution in [0.5, 0.6) is 5.75 Å². The van der Waals surface area contributed by atoms with Crippen LogP contribution in [-0.2, 0) is 0 Å². The minimum absolute atomic E-state index is 0.0157. The minimum Gasteiger partial charge on any atom is -0.497 e. The Kier molecular flexibility index (Phi) is 3.87. The predicted molar refractivity (Wildman–Crippen MR) is 106 cm³/mol. The minimum atomic E-state index is -0.702. The van der Waals surface area contributed by atoms with Crippen LogP contribution in [0.2, 0.25) is 0 Å². The lowest BCUT2D eigenvalue weighted by Gasteiger charge is -2.23. The zero-order valence-corrected chi connectivity index (χ0v) is 15.4. The monoisotopic (exact) mass is 385 g/mol. The van der Waals surface area contributed by atoms with E-state index in [0.717, 1.165) is 5.56 Å². The molecule has 2 aromatic heterocycles. The van der Waals surface area contributed by atoms with E-state index in [9.17, 15) is 9.59 Å². The normalized spacial score (nSPS) is 15.6. The van der Waals surface area contributed by atoms with Crippen molar-refractivity contribution < 1.29 is 13.9 Å². The van der Waals surface area contributed by atoms with Gasteiger partial charge in [-0.3, -0.25) is 14.5 Å². The SMILES string of the molecule is COc1ccc(C2c3c(oc4ccccc4c3=O)C(=O)N2c2ncccn2)cc1. The number of fused-ring (bicyclic) bond motifs is 2. The number of hydrogen-bond acceptors (Lipinski definition) is 6. The van der Waals surface area contributed by atoms with Crippen molar-refractivity contribution in [3.63, 3.8) is 0 Å². The molecular formula is C22H15N3O4. The van der Waals surface area contributed by atoms with Gasteiger partial charge in [0, 0.05) is 12.4 Å². The number of methoxy groups -OCH3 is 1. The highest BCUT2D eigenvalue weighted by atomic mass is 16.5. The fourth-order valence-corrected chi connectivity index (χ4v) is 3.64. The smallest absolute Gasteiger partial charge is 0.297 e. The summed E-state index contributed by atoms with van der Waals surface area (Å²) in [5.74, 6) is 0.441. The van der Waals surface area contributed by atoms with Crippen LogP contribution in [0, 0.1) is 0 Å². The Morgan fingerprint density at radius 1 is 0.966 bits per heavy atom. The van der Waals surface area contributed by atoms with Gasteiger partial charge >= 0.3 is 0 Å². The lowest BCUT2D eigenvalue weighted by Crippen LogP contribution is -2.31. The first kappa shape index (κ1) is 17.1. The Morgan fingerprint density at radius 3 is 2.41 bits per heavy atom. The van der Waals surface area contributed by atoms with E-state index in [1.807, 2.05) is 12.1 Å². The summed E-state index contributed by atoms with van der Waals surface area (Å²) in [5, 5.41) is 0.424. The summed E-state index contributed by atoms with van der Waals surface area (Å²) >= 11 is 0. The van der Waals surface area contributed by atoms with Crippen molar-refractivity contribution in [1.82, 2.24) is 9.97 Å². The standard InChI is InChI=1S/C22H15N3O4/c1-28-14-9-7-13(8-10-14)18-17-19(26)15-5-2-3-6-16(15)29-20(17)21(27)25(18)22-23-11-4-12-24-22/h2-12,18H,1H3. The summed E-state index contributed by atoms with van der Waals surface area (Å²) < 4.78 is 11.1. The van der Waals surface area contributed by atoms with Crippen LogP contribution in [0.1, 0.15) is 27.7 Å². The summed E-state index contributed by atoms with van der Waals surface area (Å²) in [6.07, 6.45) is 3.10. The summed E-state index contributed by atoms with van der Waals surface area (Å²) in [7, 11) is 1.58. The molecule has 4 aromatic rings. The average Bonchev–Trinajstić information content (AvgIpc) is 3.07. The molecule has 5 rings (SSSR count). The second kappa shape index (κ2) is 6.56. The van der Waals surface area contributed by atoms with E-state index in [0.29, 0.717) is 16.7 Å². The molecule has 142 valence electrons. The van der Waals surface area contributed by atoms with E-state index < -0.39 is 11.9 Å². The van der Waals surface area contributed by atoms with Gasteiger partial charge in [0.15, 0.2) is 5.43 Å². The molecule has 0 fully saturated rings. The van der Waals surface area contributed by atoms with Crippen LogP contribution in [-0.4, -0.2) is 23.0 Å². The van der Waals surface area contributed by atoms with E-state index in [4.69, 9.17) is 9.15 Å². The lowest BCUT2D eigenvalue weighted by molar-refractivity contribution is 0.0969. The van der Waals surface area contributed by atoms with Crippen molar-refractivity contribution in [2.24, 2.45) is 0 Å². The highest BCUT2D eigenvalue weighted by Gasteiger charge is 2.44. The molecule has 0 N–H and O–H groups in total. The molecule has 0 saturated carbocycles. The number of benzene rings is 2. The van der Waals surface area contributed by atoms with Gasteiger partial charge in [0.1, 0.15) is 11.3 Å². The largest absolute Gasteiger partial charge is 0.497 e. The third-order valence-electron chi connectivity index (χ3n) is 4.98. The number of anilines is 1. The molecule has 0 spiro atoms. The second-order valence-corrected chi connectivity index (χ2v) is 6.57. The fraction of sp³-hybridized carbons (Fsp3) is 0.0909. The molecule has 1 atom stereocenters. The summed E-state index contributed by atoms with van der Waals surface area (Å²) in [5.41, 5.74) is 1.14. The van der Waals surface area contributed by atoms with E-state index >= 15 is 0 Å². The van der Waals surface area contributed by atoms with Crippen LogP contribution >= 0.6 is 0 Å². The van der Waals surface area contributed by atoms with Crippen LogP contribution in [0.3, 0.4) is 0 Å². The molecule has 7 heteroatoms. The predicted octanol–water partition coefficient (Wildman–Crippen LogP) is 3.34. The number of carbonyl (C=O) groups is 1. The molecule has 0 radical (unpaired) electrons. The van der Waals surface area contributed by atoms with E-state index in [2.05, 4.69) is 9.97 Å². The van der Waals surface area contributed by atoms with Gasteiger partial charge in [-0.05, 0) is 35.9 Å². The summed E-state index contributed by atoms with van der Waals surface area (Å²) in [4.78, 5) is 36.5. The molecule has 7 nitrogen and oxygen atoms in total. The first-order valence-corrected chi connectivity index (χ1v) is 8.99. The maximum atomic E-state index is 13.3. The first-order chi connectivity index (χ1) is 14.2. The van der Waals surface area contributed by atoms with Gasteiger partial charge in [0.2, 0.25) is 11.7 Å². The highest BCUT2D eigenvalue weighted by Crippen LogP contribution is 2.40. The van der Waals surface area contributed by atoms with Crippen LogP contribution in [0.15, 0.2) is 76.2 Å². The van der Waals surface area contributed by atoms with Gasteiger partial charge in [0.05, 0.1) is 24.1 Å². The number of aromatic nitrogens is 2. The Hall–Kier alpha value is -4.00. The van der Waals surface area contributed by atoms with Gasteiger partial charge < -0.3 is 9.15 Å². The molecule has 0 aliphatic carbocycles. The third kappa shape index (κ3) is 2.59. The zero-order valence-electron chi connectivity index (χ0n) is 15.4. The number of nitrogens with zero attached hydrogens (tertiary/aromatic N) is 3. The van der Waals surface area contributed by atoms with Crippen LogP contribution in [0.4, 0.5) is 5.95 Å². The molecule has 0 saturated heterocycles. The molecule has 2 aromatic carbocycles. The summed E-state index contributed by atoms with van der Waals surface area (Å²) in [6, 6.07) is 15.1. The maximum Gasteiger partial charge on any atom is 0.297 e. The fourth-order valence-electron chi connectivity index (χ4n) is 3.64. The Balaban J connectivity index is 1.80. The molecular weight excluding hydrogens is 370 g/mol. The van der Waals surface area contributed by atoms with Gasteiger partial charge in [-0.2, -0.15) is 0 Å². The topological polar surface area (TPSA) is 85.5 Å². The third-order valence-corrected chi connectivity index (χ3v) is 4.98. The van der Waals surface area contributed by atoms with Gasteiger partial charge in [-0.25, -0.2) is 9.97 Å². The quantitative estimate of drug-likeness (QED) is 0.538. The Morgan fingerprint density at radius 2 is 1.69 bits per heavy atom. The molecule has 1 aliphatic rings. The maximum absolute atomic E-state index is 13.3. The Labute approximate surface area is 165 Å². The second-order valence-electron chi connectivity index (χ2n) is 6.57. The van der Waals surface area contributed by atoms with Crippen molar-refractivity contribution in [1.29, 1.82) is 0 Å². The number of ether oxygens (including phenoxy) is 1. The van der Waals surface area contributed by atoms with Crippen molar-refractivity contribution in [3.8, 4) is 5.75 Å². The Bertz CT molecular complexity index is 1280. The number of carbonyl (C=O) groups excluding carboxylic acids is 1. The number of rotatable bonds is 3. The zero-order chi connectivity index (χ0) is 20.0. The van der Waals surface area contributed by atoms with Crippen LogP contribution < -0.4 is 15.1 Å². The molecule has 29 heavy (non-hydrogen) atoms. The van der Waals surface area contributed by atoms with Gasteiger partial charge in [-0.15, -0.1) is 0 Å². The van der Waals surface area contributed by atoms with E-state index in [-0.39, 0.29) is 22.7 Å². The molecule has 1 aliphatic heterocycles. The van der Waals surface area contributed by atoms with Crippen molar-refractivity contribution in [2.75, 3.05) is 12.0 Å². The average molecular weight is 385 g/mol. The first-order valence-electron chi connectivity index (χ1n) is 8.99. The van der Waals surface area contributed by atoms with Crippen molar-refractivity contribution >= 4 is 22.8 Å². The molecule has 0 bridgehead atoms. The molecule has 1 amide bonds. The highest BCUT2D eigenvalue weighted by molar-refractivity contribution is 6.09. The van der Waals surface area contributed by atoms with Gasteiger partial charge in [0.25, 0.3) is 5.91 Å². The number of para-hydroxylation sites is 1. The van der Waals surface area contributed by atoms with Crippen molar-refractivity contribution in [2.45, 2.75) is 6.04 Å². The summed E-state index contributed by atoms with van der Waals surface area (Å²) in [6.45, 7) is 0.